The number of aromatic hydroxyl groups is 1. The maximum Gasteiger partial charge on any atom is 0.335 e. The van der Waals surface area contributed by atoms with Gasteiger partial charge in [0, 0.05) is 0 Å². The van der Waals surface area contributed by atoms with Gasteiger partial charge in [-0.15, -0.1) is 0 Å². The molecule has 1 fully saturated rings. The van der Waals surface area contributed by atoms with Crippen LogP contribution in [0.25, 0.3) is 0 Å². The first-order chi connectivity index (χ1) is 10.3. The number of hydrogen-bond acceptors (Lipinski definition) is 4. The van der Waals surface area contributed by atoms with Crippen molar-refractivity contribution >= 4 is 17.9 Å². The smallest absolute Gasteiger partial charge is 0.335 e. The minimum Gasteiger partial charge on any atom is -0.508 e. The Morgan fingerprint density at radius 3 is 1.55 bits per heavy atom. The molecule has 2 atom stereocenters. The van der Waals surface area contributed by atoms with Crippen LogP contribution in [0.1, 0.15) is 36.0 Å². The van der Waals surface area contributed by atoms with Gasteiger partial charge in [-0.2, -0.15) is 0 Å². The average molecular weight is 310 g/mol. The zero-order valence-corrected chi connectivity index (χ0v) is 11.8. The summed E-state index contributed by atoms with van der Waals surface area (Å²) in [5, 5.41) is 34.5. The highest BCUT2D eigenvalue weighted by Gasteiger charge is 2.35. The van der Waals surface area contributed by atoms with Gasteiger partial charge in [-0.3, -0.25) is 9.59 Å². The Balaban J connectivity index is 0.000000224. The highest BCUT2D eigenvalue weighted by molar-refractivity contribution is 5.87. The minimum absolute atomic E-state index is 0.0741. The fourth-order valence-electron chi connectivity index (χ4n) is 2.33. The van der Waals surface area contributed by atoms with E-state index in [2.05, 4.69) is 0 Å². The molecule has 0 heterocycles. The number of carbonyl (C=O) groups is 3. The summed E-state index contributed by atoms with van der Waals surface area (Å²) in [4.78, 5) is 31.4. The molecule has 1 aromatic rings. The number of phenolic OH excluding ortho intramolecular Hbond substituents is 1. The fourth-order valence-corrected chi connectivity index (χ4v) is 2.33. The Labute approximate surface area is 126 Å². The molecule has 7 nitrogen and oxygen atoms in total. The van der Waals surface area contributed by atoms with Crippen LogP contribution in [-0.4, -0.2) is 38.3 Å². The van der Waals surface area contributed by atoms with Crippen molar-refractivity contribution in [3.8, 4) is 5.75 Å². The lowest BCUT2D eigenvalue weighted by atomic mass is 9.79. The molecule has 4 N–H and O–H groups in total. The molecule has 1 aromatic carbocycles. The number of benzene rings is 1. The first kappa shape index (κ1) is 17.5. The predicted octanol–water partition coefficient (Wildman–Crippen LogP) is 2.05. The van der Waals surface area contributed by atoms with Crippen molar-refractivity contribution in [3.05, 3.63) is 29.8 Å². The predicted molar refractivity (Wildman–Crippen MR) is 75.8 cm³/mol. The Kier molecular flexibility index (Phi) is 6.37. The summed E-state index contributed by atoms with van der Waals surface area (Å²) in [6.45, 7) is 0. The summed E-state index contributed by atoms with van der Waals surface area (Å²) < 4.78 is 0. The minimum atomic E-state index is -0.986. The molecule has 0 amide bonds. The Bertz CT molecular complexity index is 513. The SMILES string of the molecule is O=C(O)C1CCCCC1C(=O)O.O=C(O)c1ccc(O)cc1. The summed E-state index contributed by atoms with van der Waals surface area (Å²) in [6.07, 6.45) is 2.68. The van der Waals surface area contributed by atoms with E-state index >= 15 is 0 Å². The van der Waals surface area contributed by atoms with Gasteiger partial charge in [0.05, 0.1) is 17.4 Å². The van der Waals surface area contributed by atoms with Crippen LogP contribution in [0.4, 0.5) is 0 Å². The van der Waals surface area contributed by atoms with Crippen molar-refractivity contribution in [3.63, 3.8) is 0 Å². The molecule has 120 valence electrons. The fraction of sp³-hybridized carbons (Fsp3) is 0.400. The van der Waals surface area contributed by atoms with Crippen LogP contribution in [-0.2, 0) is 9.59 Å². The molecule has 7 heteroatoms. The van der Waals surface area contributed by atoms with Crippen molar-refractivity contribution in [1.29, 1.82) is 0 Å². The number of rotatable bonds is 3. The Morgan fingerprint density at radius 1 is 0.818 bits per heavy atom. The first-order valence-electron chi connectivity index (χ1n) is 6.81. The summed E-state index contributed by atoms with van der Waals surface area (Å²) in [5.41, 5.74) is 0.179. The second kappa shape index (κ2) is 8.02. The van der Waals surface area contributed by atoms with Crippen LogP contribution >= 0.6 is 0 Å². The van der Waals surface area contributed by atoms with E-state index in [9.17, 15) is 14.4 Å². The topological polar surface area (TPSA) is 132 Å². The number of carboxylic acid groups (broad SMARTS) is 3. The zero-order valence-electron chi connectivity index (χ0n) is 11.8. The number of phenols is 1. The van der Waals surface area contributed by atoms with E-state index in [4.69, 9.17) is 20.4 Å². The molecule has 1 aliphatic rings. The van der Waals surface area contributed by atoms with Crippen LogP contribution in [0, 0.1) is 11.8 Å². The molecule has 0 saturated heterocycles. The third kappa shape index (κ3) is 5.08. The van der Waals surface area contributed by atoms with Crippen LogP contribution in [0.15, 0.2) is 24.3 Å². The van der Waals surface area contributed by atoms with Gasteiger partial charge in [0.1, 0.15) is 5.75 Å². The van der Waals surface area contributed by atoms with Crippen molar-refractivity contribution in [1.82, 2.24) is 0 Å². The number of aliphatic carboxylic acids is 2. The largest absolute Gasteiger partial charge is 0.508 e. The average Bonchev–Trinajstić information content (AvgIpc) is 2.48. The highest BCUT2D eigenvalue weighted by Crippen LogP contribution is 2.30. The first-order valence-corrected chi connectivity index (χ1v) is 6.81. The second-order valence-corrected chi connectivity index (χ2v) is 5.03. The monoisotopic (exact) mass is 310 g/mol. The summed E-state index contributed by atoms with van der Waals surface area (Å²) >= 11 is 0. The third-order valence-electron chi connectivity index (χ3n) is 3.51. The van der Waals surface area contributed by atoms with Gasteiger partial charge in [-0.1, -0.05) is 12.8 Å². The normalized spacial score (nSPS) is 20.4. The van der Waals surface area contributed by atoms with Crippen molar-refractivity contribution in [2.45, 2.75) is 25.7 Å². The molecule has 2 unspecified atom stereocenters. The van der Waals surface area contributed by atoms with Gasteiger partial charge in [-0.25, -0.2) is 4.79 Å². The summed E-state index contributed by atoms with van der Waals surface area (Å²) in [7, 11) is 0. The lowest BCUT2D eigenvalue weighted by Gasteiger charge is -2.24. The summed E-state index contributed by atoms with van der Waals surface area (Å²) in [5.74, 6) is -4.19. The molecule has 0 aromatic heterocycles. The van der Waals surface area contributed by atoms with E-state index in [-0.39, 0.29) is 11.3 Å². The number of hydrogen-bond donors (Lipinski definition) is 4. The molecule has 0 aliphatic heterocycles. The van der Waals surface area contributed by atoms with E-state index in [1.54, 1.807) is 0 Å². The highest BCUT2D eigenvalue weighted by atomic mass is 16.4. The lowest BCUT2D eigenvalue weighted by molar-refractivity contribution is -0.155. The molecule has 0 bridgehead atoms. The standard InChI is InChI=1S/C8H12O4.C7H6O3/c9-7(10)5-3-1-2-4-6(5)8(11)12;8-6-3-1-5(2-4-6)7(9)10/h5-6H,1-4H2,(H,9,10)(H,11,12);1-4,8H,(H,9,10). The van der Waals surface area contributed by atoms with Crippen molar-refractivity contribution in [2.24, 2.45) is 11.8 Å². The van der Waals surface area contributed by atoms with Crippen LogP contribution in [0.5, 0.6) is 5.75 Å². The maximum atomic E-state index is 10.6. The van der Waals surface area contributed by atoms with Crippen LogP contribution in [0.3, 0.4) is 0 Å². The van der Waals surface area contributed by atoms with Gasteiger partial charge in [0.25, 0.3) is 0 Å². The van der Waals surface area contributed by atoms with Gasteiger partial charge >= 0.3 is 17.9 Å². The van der Waals surface area contributed by atoms with E-state index < -0.39 is 29.7 Å². The Hall–Kier alpha value is -2.57. The van der Waals surface area contributed by atoms with E-state index in [1.807, 2.05) is 0 Å². The van der Waals surface area contributed by atoms with Crippen LogP contribution in [0.2, 0.25) is 0 Å². The van der Waals surface area contributed by atoms with E-state index in [0.717, 1.165) is 12.8 Å². The van der Waals surface area contributed by atoms with Crippen molar-refractivity contribution < 1.29 is 34.8 Å². The maximum absolute atomic E-state index is 10.6. The van der Waals surface area contributed by atoms with Crippen molar-refractivity contribution in [2.75, 3.05) is 0 Å². The molecule has 0 spiro atoms. The van der Waals surface area contributed by atoms with Gasteiger partial charge < -0.3 is 20.4 Å². The quantitative estimate of drug-likeness (QED) is 0.671. The molecule has 2 rings (SSSR count). The third-order valence-corrected chi connectivity index (χ3v) is 3.51. The van der Waals surface area contributed by atoms with Gasteiger partial charge in [-0.05, 0) is 37.1 Å². The lowest BCUT2D eigenvalue weighted by Crippen LogP contribution is -2.32. The van der Waals surface area contributed by atoms with Gasteiger partial charge in [0.2, 0.25) is 0 Å². The van der Waals surface area contributed by atoms with E-state index in [0.29, 0.717) is 12.8 Å². The Morgan fingerprint density at radius 2 is 1.23 bits per heavy atom. The van der Waals surface area contributed by atoms with Crippen LogP contribution < -0.4 is 0 Å². The molecular formula is C15H18O7. The van der Waals surface area contributed by atoms with E-state index in [1.165, 1.54) is 24.3 Å². The summed E-state index contributed by atoms with van der Waals surface area (Å²) in [6, 6.07) is 5.36. The molecule has 1 aliphatic carbocycles. The molecule has 22 heavy (non-hydrogen) atoms. The van der Waals surface area contributed by atoms with Gasteiger partial charge in [0.15, 0.2) is 0 Å². The second-order valence-electron chi connectivity index (χ2n) is 5.03. The zero-order chi connectivity index (χ0) is 16.7. The number of carboxylic acids is 3. The molecule has 1 saturated carbocycles. The molecule has 0 radical (unpaired) electrons. The molecular weight excluding hydrogens is 292 g/mol. The number of aromatic carboxylic acids is 1.